The number of hydrogen-bond donors (Lipinski definition) is 0. The molecule has 20 heavy (non-hydrogen) atoms. The fourth-order valence-corrected chi connectivity index (χ4v) is 2.99. The van der Waals surface area contributed by atoms with Gasteiger partial charge in [0.2, 0.25) is 0 Å². The van der Waals surface area contributed by atoms with Gasteiger partial charge in [-0.3, -0.25) is 0 Å². The summed E-state index contributed by atoms with van der Waals surface area (Å²) in [6.07, 6.45) is 0. The molecule has 1 unspecified atom stereocenters. The normalized spacial score (nSPS) is 12.7. The molecule has 0 saturated carbocycles. The molecular formula is C14H14ClO4P. The summed E-state index contributed by atoms with van der Waals surface area (Å²) in [5.74, 6) is 0.758. The summed E-state index contributed by atoms with van der Waals surface area (Å²) < 4.78 is 28.4. The van der Waals surface area contributed by atoms with Gasteiger partial charge < -0.3 is 9.05 Å². The zero-order chi connectivity index (χ0) is 14.4. The maximum Gasteiger partial charge on any atom is 0.589 e. The molecular weight excluding hydrogens is 299 g/mol. The second-order valence-electron chi connectivity index (χ2n) is 3.90. The van der Waals surface area contributed by atoms with E-state index in [4.69, 9.17) is 25.2 Å². The standard InChI is InChI=1S/C14H14ClO4P/c1-12(15)17-20(16,18-13-8-4-2-5-9-13)19-14-10-6-3-7-11-14/h2-12H,1H3. The number of phosphoric ester groups is 1. The van der Waals surface area contributed by atoms with Gasteiger partial charge in [0.25, 0.3) is 0 Å². The van der Waals surface area contributed by atoms with Gasteiger partial charge in [0.15, 0.2) is 0 Å². The van der Waals surface area contributed by atoms with E-state index in [1.807, 2.05) is 12.1 Å². The molecule has 2 aromatic rings. The summed E-state index contributed by atoms with van der Waals surface area (Å²) in [6, 6.07) is 17.3. The Labute approximate surface area is 122 Å². The second kappa shape index (κ2) is 6.80. The van der Waals surface area contributed by atoms with Crippen molar-refractivity contribution in [2.75, 3.05) is 0 Å². The second-order valence-corrected chi connectivity index (χ2v) is 5.99. The van der Waals surface area contributed by atoms with E-state index in [2.05, 4.69) is 0 Å². The quantitative estimate of drug-likeness (QED) is 0.565. The molecule has 0 saturated heterocycles. The minimum absolute atomic E-state index is 0.379. The molecule has 6 heteroatoms. The summed E-state index contributed by atoms with van der Waals surface area (Å²) >= 11 is 5.74. The van der Waals surface area contributed by atoms with Crippen LogP contribution in [0.2, 0.25) is 0 Å². The zero-order valence-corrected chi connectivity index (χ0v) is 12.5. The van der Waals surface area contributed by atoms with Crippen molar-refractivity contribution >= 4 is 19.4 Å². The maximum absolute atomic E-state index is 12.6. The van der Waals surface area contributed by atoms with Gasteiger partial charge >= 0.3 is 7.82 Å². The molecule has 0 heterocycles. The number of rotatable bonds is 6. The summed E-state index contributed by atoms with van der Waals surface area (Å²) in [6.45, 7) is 1.54. The molecule has 0 spiro atoms. The number of phosphoric acid groups is 1. The average molecular weight is 313 g/mol. The molecule has 0 aliphatic carbocycles. The molecule has 106 valence electrons. The van der Waals surface area contributed by atoms with Crippen LogP contribution in [0.3, 0.4) is 0 Å². The van der Waals surface area contributed by atoms with E-state index in [-0.39, 0.29) is 0 Å². The third kappa shape index (κ3) is 4.57. The van der Waals surface area contributed by atoms with Gasteiger partial charge in [-0.2, -0.15) is 0 Å². The minimum Gasteiger partial charge on any atom is -0.395 e. The Hall–Kier alpha value is -1.48. The fourth-order valence-electron chi connectivity index (χ4n) is 1.46. The van der Waals surface area contributed by atoms with Gasteiger partial charge in [0.05, 0.1) is 0 Å². The maximum atomic E-state index is 12.6. The summed E-state index contributed by atoms with van der Waals surface area (Å²) in [5.41, 5.74) is -0.812. The molecule has 0 aliphatic rings. The smallest absolute Gasteiger partial charge is 0.395 e. The summed E-state index contributed by atoms with van der Waals surface area (Å²) in [5, 5.41) is 0. The zero-order valence-electron chi connectivity index (χ0n) is 10.8. The molecule has 0 aliphatic heterocycles. The van der Waals surface area contributed by atoms with Crippen LogP contribution in [-0.4, -0.2) is 5.56 Å². The highest BCUT2D eigenvalue weighted by molar-refractivity contribution is 7.49. The van der Waals surface area contributed by atoms with E-state index in [1.165, 1.54) is 6.92 Å². The van der Waals surface area contributed by atoms with E-state index < -0.39 is 13.4 Å². The number of halogens is 1. The van der Waals surface area contributed by atoms with Crippen molar-refractivity contribution in [1.82, 2.24) is 0 Å². The van der Waals surface area contributed by atoms with Gasteiger partial charge in [-0.25, -0.2) is 9.09 Å². The first kappa shape index (κ1) is 14.9. The van der Waals surface area contributed by atoms with Crippen molar-refractivity contribution in [1.29, 1.82) is 0 Å². The van der Waals surface area contributed by atoms with Crippen LogP contribution in [0.1, 0.15) is 6.92 Å². The lowest BCUT2D eigenvalue weighted by molar-refractivity contribution is 0.200. The van der Waals surface area contributed by atoms with Crippen LogP contribution in [0.5, 0.6) is 11.5 Å². The van der Waals surface area contributed by atoms with Crippen molar-refractivity contribution in [2.24, 2.45) is 0 Å². The molecule has 2 rings (SSSR count). The molecule has 1 atom stereocenters. The molecule has 4 nitrogen and oxygen atoms in total. The Bertz CT molecular complexity index is 529. The number of benzene rings is 2. The summed E-state index contributed by atoms with van der Waals surface area (Å²) in [4.78, 5) is 0. The third-order valence-electron chi connectivity index (χ3n) is 2.20. The molecule has 0 amide bonds. The first-order valence-corrected chi connectivity index (χ1v) is 7.89. The highest BCUT2D eigenvalue weighted by Gasteiger charge is 2.32. The Balaban J connectivity index is 2.19. The number of hydrogen-bond acceptors (Lipinski definition) is 4. The van der Waals surface area contributed by atoms with Crippen molar-refractivity contribution in [2.45, 2.75) is 12.5 Å². The van der Waals surface area contributed by atoms with Gasteiger partial charge in [-0.05, 0) is 31.2 Å². The Morgan fingerprint density at radius 1 is 0.900 bits per heavy atom. The monoisotopic (exact) mass is 312 g/mol. The number of para-hydroxylation sites is 2. The molecule has 0 N–H and O–H groups in total. The van der Waals surface area contributed by atoms with E-state index in [0.29, 0.717) is 11.5 Å². The number of alkyl halides is 1. The Morgan fingerprint density at radius 3 is 1.65 bits per heavy atom. The van der Waals surface area contributed by atoms with Crippen LogP contribution >= 0.6 is 19.4 Å². The van der Waals surface area contributed by atoms with Gasteiger partial charge in [0, 0.05) is 0 Å². The fraction of sp³-hybridized carbons (Fsp3) is 0.143. The molecule has 0 bridgehead atoms. The predicted molar refractivity (Wildman–Crippen MR) is 78.1 cm³/mol. The SMILES string of the molecule is CC(Cl)OP(=O)(Oc1ccccc1)Oc1ccccc1. The summed E-state index contributed by atoms with van der Waals surface area (Å²) in [7, 11) is -3.85. The molecule has 0 fully saturated rings. The van der Waals surface area contributed by atoms with Crippen molar-refractivity contribution in [3.05, 3.63) is 60.7 Å². The van der Waals surface area contributed by atoms with Gasteiger partial charge in [-0.1, -0.05) is 48.0 Å². The van der Waals surface area contributed by atoms with Crippen LogP contribution in [0.4, 0.5) is 0 Å². The van der Waals surface area contributed by atoms with Gasteiger partial charge in [-0.15, -0.1) is 0 Å². The van der Waals surface area contributed by atoms with Crippen LogP contribution in [0, 0.1) is 0 Å². The third-order valence-corrected chi connectivity index (χ3v) is 3.85. The van der Waals surface area contributed by atoms with Crippen molar-refractivity contribution < 1.29 is 18.1 Å². The van der Waals surface area contributed by atoms with E-state index in [0.717, 1.165) is 0 Å². The van der Waals surface area contributed by atoms with Crippen LogP contribution in [0.25, 0.3) is 0 Å². The highest BCUT2D eigenvalue weighted by Crippen LogP contribution is 2.50. The Kier molecular flexibility index (Phi) is 5.07. The molecule has 0 aromatic heterocycles. The van der Waals surface area contributed by atoms with Crippen LogP contribution in [0.15, 0.2) is 60.7 Å². The van der Waals surface area contributed by atoms with Crippen LogP contribution < -0.4 is 9.05 Å². The average Bonchev–Trinajstić information content (AvgIpc) is 2.39. The van der Waals surface area contributed by atoms with E-state index >= 15 is 0 Å². The predicted octanol–water partition coefficient (Wildman–Crippen LogP) is 4.85. The highest BCUT2D eigenvalue weighted by atomic mass is 35.5. The van der Waals surface area contributed by atoms with Gasteiger partial charge in [0.1, 0.15) is 17.1 Å². The largest absolute Gasteiger partial charge is 0.589 e. The first-order chi connectivity index (χ1) is 9.57. The minimum atomic E-state index is -3.85. The first-order valence-electron chi connectivity index (χ1n) is 5.99. The lowest BCUT2D eigenvalue weighted by Gasteiger charge is -2.19. The lowest BCUT2D eigenvalue weighted by atomic mass is 10.3. The topological polar surface area (TPSA) is 44.8 Å². The van der Waals surface area contributed by atoms with E-state index in [1.54, 1.807) is 48.5 Å². The van der Waals surface area contributed by atoms with Crippen molar-refractivity contribution in [3.8, 4) is 11.5 Å². The van der Waals surface area contributed by atoms with Crippen LogP contribution in [-0.2, 0) is 9.09 Å². The van der Waals surface area contributed by atoms with Crippen molar-refractivity contribution in [3.63, 3.8) is 0 Å². The lowest BCUT2D eigenvalue weighted by Crippen LogP contribution is -2.08. The van der Waals surface area contributed by atoms with E-state index in [9.17, 15) is 4.57 Å². The molecule has 0 radical (unpaired) electrons. The molecule has 2 aromatic carbocycles. The Morgan fingerprint density at radius 2 is 1.30 bits per heavy atom.